The molecule has 3 rings (SSSR count). The van der Waals surface area contributed by atoms with E-state index in [4.69, 9.17) is 0 Å². The van der Waals surface area contributed by atoms with Crippen LogP contribution in [-0.4, -0.2) is 31.7 Å². The molecule has 2 heterocycles. The minimum absolute atomic E-state index is 0.103. The van der Waals surface area contributed by atoms with E-state index in [1.54, 1.807) is 12.3 Å². The number of carbonyl (C=O) groups excluding carboxylic acids is 1. The summed E-state index contributed by atoms with van der Waals surface area (Å²) in [6.45, 7) is -0.200. The Balaban J connectivity index is 1.73. The van der Waals surface area contributed by atoms with Crippen molar-refractivity contribution in [2.75, 3.05) is 0 Å². The van der Waals surface area contributed by atoms with E-state index in [0.29, 0.717) is 12.8 Å². The van der Waals surface area contributed by atoms with E-state index in [0.717, 1.165) is 10.3 Å². The van der Waals surface area contributed by atoms with Crippen LogP contribution in [0.15, 0.2) is 46.2 Å². The van der Waals surface area contributed by atoms with Gasteiger partial charge in [-0.25, -0.2) is 4.79 Å². The van der Waals surface area contributed by atoms with Crippen LogP contribution >= 0.6 is 0 Å². The van der Waals surface area contributed by atoms with Gasteiger partial charge in [0.1, 0.15) is 6.54 Å². The number of carbonyl (C=O) groups is 1. The van der Waals surface area contributed by atoms with E-state index >= 15 is 0 Å². The first-order chi connectivity index (χ1) is 11.5. The van der Waals surface area contributed by atoms with Gasteiger partial charge >= 0.3 is 5.69 Å². The zero-order valence-electron chi connectivity index (χ0n) is 12.9. The highest BCUT2D eigenvalue weighted by atomic mass is 16.3. The van der Waals surface area contributed by atoms with Crippen molar-refractivity contribution < 1.29 is 9.90 Å². The number of aliphatic hydroxyl groups excluding tert-OH is 1. The maximum absolute atomic E-state index is 12.3. The van der Waals surface area contributed by atoms with E-state index in [-0.39, 0.29) is 30.5 Å². The van der Waals surface area contributed by atoms with Crippen LogP contribution in [0.25, 0.3) is 0 Å². The Kier molecular flexibility index (Phi) is 4.57. The molecule has 1 fully saturated rings. The molecule has 1 unspecified atom stereocenters. The number of pyridine rings is 1. The monoisotopic (exact) mass is 330 g/mol. The lowest BCUT2D eigenvalue weighted by Crippen LogP contribution is -2.43. The molecule has 2 aromatic rings. The van der Waals surface area contributed by atoms with Crippen LogP contribution in [0.2, 0.25) is 0 Å². The molecule has 126 valence electrons. The second-order valence-electron chi connectivity index (χ2n) is 5.92. The fourth-order valence-corrected chi connectivity index (χ4v) is 2.84. The molecular weight excluding hydrogens is 312 g/mol. The largest absolute Gasteiger partial charge is 0.393 e. The molecule has 0 radical (unpaired) electrons. The summed E-state index contributed by atoms with van der Waals surface area (Å²) in [5.74, 6) is -0.257. The number of aromatic amines is 1. The third-order valence-electron chi connectivity index (χ3n) is 4.15. The lowest BCUT2D eigenvalue weighted by molar-refractivity contribution is -0.123. The van der Waals surface area contributed by atoms with Crippen LogP contribution in [0.5, 0.6) is 0 Å². The Morgan fingerprint density at radius 1 is 1.38 bits per heavy atom. The van der Waals surface area contributed by atoms with Gasteiger partial charge in [0.15, 0.2) is 0 Å². The van der Waals surface area contributed by atoms with Crippen molar-refractivity contribution in [1.29, 1.82) is 0 Å². The number of hydrogen-bond donors (Lipinski definition) is 3. The average Bonchev–Trinajstić information content (AvgIpc) is 2.53. The molecule has 1 aliphatic rings. The summed E-state index contributed by atoms with van der Waals surface area (Å²) < 4.78 is 1.13. The highest BCUT2D eigenvalue weighted by Gasteiger charge is 2.36. The molecule has 0 aromatic carbocycles. The molecule has 0 spiro atoms. The summed E-state index contributed by atoms with van der Waals surface area (Å²) in [5.41, 5.74) is -0.422. The van der Waals surface area contributed by atoms with Gasteiger partial charge < -0.3 is 10.4 Å². The first kappa shape index (κ1) is 16.1. The van der Waals surface area contributed by atoms with E-state index in [1.165, 1.54) is 12.3 Å². The molecule has 1 amide bonds. The maximum Gasteiger partial charge on any atom is 0.328 e. The van der Waals surface area contributed by atoms with Crippen LogP contribution in [-0.2, 0) is 11.3 Å². The lowest BCUT2D eigenvalue weighted by atomic mass is 9.76. The second-order valence-corrected chi connectivity index (χ2v) is 5.92. The maximum atomic E-state index is 12.3. The predicted molar refractivity (Wildman–Crippen MR) is 85.2 cm³/mol. The molecule has 1 aliphatic carbocycles. The second kappa shape index (κ2) is 6.79. The molecular formula is C16H18N4O4. The fourth-order valence-electron chi connectivity index (χ4n) is 2.84. The van der Waals surface area contributed by atoms with Crippen molar-refractivity contribution in [1.82, 2.24) is 19.9 Å². The quantitative estimate of drug-likeness (QED) is 0.687. The molecule has 0 bridgehead atoms. The molecule has 24 heavy (non-hydrogen) atoms. The average molecular weight is 330 g/mol. The third kappa shape index (κ3) is 3.60. The number of amides is 1. The first-order valence-electron chi connectivity index (χ1n) is 7.71. The summed E-state index contributed by atoms with van der Waals surface area (Å²) in [6.07, 6.45) is 3.78. The summed E-state index contributed by atoms with van der Waals surface area (Å²) in [7, 11) is 0. The zero-order chi connectivity index (χ0) is 17.1. The topological polar surface area (TPSA) is 117 Å². The summed E-state index contributed by atoms with van der Waals surface area (Å²) in [5, 5.41) is 12.4. The van der Waals surface area contributed by atoms with Gasteiger partial charge in [-0.15, -0.1) is 0 Å². The number of aliphatic hydroxyl groups is 1. The molecule has 1 saturated carbocycles. The Bertz CT molecular complexity index is 824. The van der Waals surface area contributed by atoms with Crippen LogP contribution < -0.4 is 16.6 Å². The van der Waals surface area contributed by atoms with Crippen LogP contribution in [0.4, 0.5) is 0 Å². The standard InChI is InChI=1S/C16H18N4O4/c21-11-7-10(8-11)15(12-3-1-2-5-17-12)18-14(23)9-20-6-4-13(22)19-16(20)24/h1-6,10-11,15,21H,7-9H2,(H,18,23)(H,19,22,24). The molecule has 8 heteroatoms. The Hall–Kier alpha value is -2.74. The number of nitrogens with zero attached hydrogens (tertiary/aromatic N) is 2. The minimum atomic E-state index is -0.633. The SMILES string of the molecule is O=C(Cn1ccc(=O)[nH]c1=O)NC(c1ccccn1)C1CC(O)C1. The molecule has 2 aromatic heterocycles. The van der Waals surface area contributed by atoms with Crippen LogP contribution in [0.1, 0.15) is 24.6 Å². The predicted octanol–water partition coefficient (Wildman–Crippen LogP) is -0.440. The van der Waals surface area contributed by atoms with Crippen molar-refractivity contribution in [2.24, 2.45) is 5.92 Å². The normalized spacial score (nSPS) is 20.9. The molecule has 3 N–H and O–H groups in total. The zero-order valence-corrected chi connectivity index (χ0v) is 12.9. The highest BCUT2D eigenvalue weighted by Crippen LogP contribution is 2.37. The van der Waals surface area contributed by atoms with Crippen molar-refractivity contribution in [3.8, 4) is 0 Å². The van der Waals surface area contributed by atoms with Gasteiger partial charge in [-0.2, -0.15) is 0 Å². The van der Waals surface area contributed by atoms with Gasteiger partial charge in [0.05, 0.1) is 17.8 Å². The molecule has 0 aliphatic heterocycles. The Morgan fingerprint density at radius 2 is 2.17 bits per heavy atom. The highest BCUT2D eigenvalue weighted by molar-refractivity contribution is 5.76. The molecule has 0 saturated heterocycles. The van der Waals surface area contributed by atoms with Gasteiger partial charge in [0.2, 0.25) is 5.91 Å². The summed E-state index contributed by atoms with van der Waals surface area (Å²) in [6, 6.07) is 6.32. The van der Waals surface area contributed by atoms with Gasteiger partial charge in [0.25, 0.3) is 5.56 Å². The first-order valence-corrected chi connectivity index (χ1v) is 7.71. The van der Waals surface area contributed by atoms with Gasteiger partial charge in [-0.3, -0.25) is 24.1 Å². The number of rotatable bonds is 5. The lowest BCUT2D eigenvalue weighted by Gasteiger charge is -2.37. The third-order valence-corrected chi connectivity index (χ3v) is 4.15. The van der Waals surface area contributed by atoms with E-state index in [9.17, 15) is 19.5 Å². The number of aromatic nitrogens is 3. The number of nitrogens with one attached hydrogen (secondary N) is 2. The van der Waals surface area contributed by atoms with Gasteiger partial charge in [0, 0.05) is 18.5 Å². The van der Waals surface area contributed by atoms with E-state index < -0.39 is 11.2 Å². The van der Waals surface area contributed by atoms with E-state index in [2.05, 4.69) is 15.3 Å². The van der Waals surface area contributed by atoms with Gasteiger partial charge in [-0.1, -0.05) is 6.07 Å². The van der Waals surface area contributed by atoms with Crippen molar-refractivity contribution in [2.45, 2.75) is 31.5 Å². The van der Waals surface area contributed by atoms with Gasteiger partial charge in [-0.05, 0) is 30.9 Å². The summed E-state index contributed by atoms with van der Waals surface area (Å²) >= 11 is 0. The van der Waals surface area contributed by atoms with Crippen molar-refractivity contribution >= 4 is 5.91 Å². The summed E-state index contributed by atoms with van der Waals surface area (Å²) in [4.78, 5) is 41.4. The van der Waals surface area contributed by atoms with E-state index in [1.807, 2.05) is 12.1 Å². The molecule has 1 atom stereocenters. The fraction of sp³-hybridized carbons (Fsp3) is 0.375. The molecule has 8 nitrogen and oxygen atoms in total. The smallest absolute Gasteiger partial charge is 0.328 e. The van der Waals surface area contributed by atoms with Crippen molar-refractivity contribution in [3.63, 3.8) is 0 Å². The number of hydrogen-bond acceptors (Lipinski definition) is 5. The Labute approximate surface area is 137 Å². The van der Waals surface area contributed by atoms with Crippen LogP contribution in [0.3, 0.4) is 0 Å². The minimum Gasteiger partial charge on any atom is -0.393 e. The van der Waals surface area contributed by atoms with Crippen molar-refractivity contribution in [3.05, 3.63) is 63.2 Å². The number of H-pyrrole nitrogens is 1. The van der Waals surface area contributed by atoms with Crippen LogP contribution in [0, 0.1) is 5.92 Å². The Morgan fingerprint density at radius 3 is 2.79 bits per heavy atom.